The number of carbonyl (C=O) groups excluding carboxylic acids is 4. The quantitative estimate of drug-likeness (QED) is 0.107. The van der Waals surface area contributed by atoms with Crippen LogP contribution >= 0.6 is 0 Å². The largest absolute Gasteiger partial charge is 0.462 e. The summed E-state index contributed by atoms with van der Waals surface area (Å²) in [6.07, 6.45) is 28.7. The van der Waals surface area contributed by atoms with Crippen molar-refractivity contribution in [3.63, 3.8) is 0 Å². The molecule has 0 saturated carbocycles. The van der Waals surface area contributed by atoms with Crippen molar-refractivity contribution in [3.8, 4) is 0 Å². The van der Waals surface area contributed by atoms with Crippen molar-refractivity contribution < 1.29 is 38.1 Å². The molecule has 0 aromatic carbocycles. The highest BCUT2D eigenvalue weighted by Crippen LogP contribution is 2.55. The van der Waals surface area contributed by atoms with Crippen LogP contribution in [0.4, 0.5) is 0 Å². The highest BCUT2D eigenvalue weighted by Gasteiger charge is 2.61. The lowest BCUT2D eigenvalue weighted by molar-refractivity contribution is -0.386. The molecule has 3 saturated heterocycles. The van der Waals surface area contributed by atoms with E-state index < -0.39 is 34.8 Å². The molecule has 0 aromatic rings. The monoisotopic (exact) mass is 622 g/mol. The number of unbranched alkanes of at least 4 members (excludes halogenated alkanes) is 10. The van der Waals surface area contributed by atoms with Crippen LogP contribution in [-0.4, -0.2) is 52.2 Å². The highest BCUT2D eigenvalue weighted by atomic mass is 16.8. The fraction of sp³-hybridized carbons (Fsp3) is 0.676. The zero-order chi connectivity index (χ0) is 31.8. The Morgan fingerprint density at radius 1 is 0.667 bits per heavy atom. The van der Waals surface area contributed by atoms with Crippen molar-refractivity contribution in [2.24, 2.45) is 0 Å². The molecule has 2 atom stereocenters. The van der Waals surface area contributed by atoms with Gasteiger partial charge in [-0.1, -0.05) is 71.1 Å². The first kappa shape index (κ1) is 33.7. The summed E-state index contributed by atoms with van der Waals surface area (Å²) in [5.74, 6) is -3.01. The first-order chi connectivity index (χ1) is 21.7. The van der Waals surface area contributed by atoms with Crippen LogP contribution in [0.15, 0.2) is 48.6 Å². The molecule has 0 amide bonds. The fourth-order valence-electron chi connectivity index (χ4n) is 7.42. The van der Waals surface area contributed by atoms with Crippen LogP contribution in [0.2, 0.25) is 0 Å². The van der Waals surface area contributed by atoms with Gasteiger partial charge in [0.05, 0.1) is 0 Å². The Kier molecular flexibility index (Phi) is 11.1. The molecule has 45 heavy (non-hydrogen) atoms. The number of ketones is 3. The molecule has 5 rings (SSSR count). The SMILES string of the molecule is CCCCCCCCCCCCCC(=O)CC(=O)OC1C[C@]2(CCC3(C=CC(=O)C=C3)O2)O[C@@]2(CCC3(C=CC(=O)C=C3)O2)C1. The smallest absolute Gasteiger partial charge is 0.313 e. The Labute approximate surface area is 267 Å². The van der Waals surface area contributed by atoms with E-state index in [0.717, 1.165) is 19.3 Å². The van der Waals surface area contributed by atoms with E-state index in [9.17, 15) is 19.2 Å². The van der Waals surface area contributed by atoms with Crippen molar-refractivity contribution in [2.75, 3.05) is 0 Å². The van der Waals surface area contributed by atoms with Gasteiger partial charge in [0.25, 0.3) is 0 Å². The van der Waals surface area contributed by atoms with E-state index in [1.807, 2.05) is 0 Å². The molecule has 8 nitrogen and oxygen atoms in total. The van der Waals surface area contributed by atoms with Gasteiger partial charge >= 0.3 is 5.97 Å². The first-order valence-corrected chi connectivity index (χ1v) is 17.3. The van der Waals surface area contributed by atoms with Crippen LogP contribution < -0.4 is 0 Å². The molecule has 3 aliphatic heterocycles. The van der Waals surface area contributed by atoms with Gasteiger partial charge in [-0.15, -0.1) is 0 Å². The molecule has 3 fully saturated rings. The highest BCUT2D eigenvalue weighted by molar-refractivity contribution is 6.01. The summed E-state index contributed by atoms with van der Waals surface area (Å²) >= 11 is 0. The summed E-state index contributed by atoms with van der Waals surface area (Å²) in [5.41, 5.74) is -1.56. The van der Waals surface area contributed by atoms with Crippen LogP contribution in [0, 0.1) is 0 Å². The van der Waals surface area contributed by atoms with Gasteiger partial charge in [0, 0.05) is 32.1 Å². The van der Waals surface area contributed by atoms with Gasteiger partial charge < -0.3 is 18.9 Å². The van der Waals surface area contributed by atoms with Crippen LogP contribution in [0.5, 0.6) is 0 Å². The molecule has 0 unspecified atom stereocenters. The predicted molar refractivity (Wildman–Crippen MR) is 169 cm³/mol. The third-order valence-corrected chi connectivity index (χ3v) is 9.81. The molecule has 0 N–H and O–H groups in total. The van der Waals surface area contributed by atoms with Crippen LogP contribution in [-0.2, 0) is 38.1 Å². The summed E-state index contributed by atoms with van der Waals surface area (Å²) in [6, 6.07) is 0. The lowest BCUT2D eigenvalue weighted by Gasteiger charge is -2.48. The number of hydrogen-bond acceptors (Lipinski definition) is 8. The van der Waals surface area contributed by atoms with E-state index in [4.69, 9.17) is 18.9 Å². The molecule has 5 aliphatic rings. The Bertz CT molecular complexity index is 1130. The average Bonchev–Trinajstić information content (AvgIpc) is 3.51. The van der Waals surface area contributed by atoms with Crippen LogP contribution in [0.3, 0.4) is 0 Å². The molecule has 8 heteroatoms. The second kappa shape index (κ2) is 14.8. The van der Waals surface area contributed by atoms with Gasteiger partial charge in [-0.3, -0.25) is 19.2 Å². The van der Waals surface area contributed by atoms with E-state index in [-0.39, 0.29) is 23.8 Å². The van der Waals surface area contributed by atoms with E-state index in [1.54, 1.807) is 24.3 Å². The van der Waals surface area contributed by atoms with Crippen molar-refractivity contribution in [3.05, 3.63) is 48.6 Å². The molecular formula is C37H50O8. The molecular weight excluding hydrogens is 572 g/mol. The Hall–Kier alpha value is -2.68. The lowest BCUT2D eigenvalue weighted by Crippen LogP contribution is -2.55. The third-order valence-electron chi connectivity index (χ3n) is 9.81. The first-order valence-electron chi connectivity index (χ1n) is 17.3. The maximum absolute atomic E-state index is 13.0. The molecule has 2 aliphatic carbocycles. The van der Waals surface area contributed by atoms with Gasteiger partial charge in [0.15, 0.2) is 23.1 Å². The van der Waals surface area contributed by atoms with Gasteiger partial charge in [0.2, 0.25) is 0 Å². The zero-order valence-corrected chi connectivity index (χ0v) is 26.9. The zero-order valence-electron chi connectivity index (χ0n) is 26.9. The second-order valence-electron chi connectivity index (χ2n) is 13.7. The number of rotatable bonds is 15. The normalized spacial score (nSPS) is 29.1. The molecule has 3 heterocycles. The Morgan fingerprint density at radius 2 is 1.11 bits per heavy atom. The van der Waals surface area contributed by atoms with E-state index in [0.29, 0.717) is 44.9 Å². The average molecular weight is 623 g/mol. The minimum absolute atomic E-state index is 0.0937. The summed E-state index contributed by atoms with van der Waals surface area (Å²) in [7, 11) is 0. The van der Waals surface area contributed by atoms with Crippen molar-refractivity contribution in [2.45, 2.75) is 158 Å². The number of ether oxygens (including phenoxy) is 4. The summed E-state index contributed by atoms with van der Waals surface area (Å²) in [5, 5.41) is 0. The molecule has 0 radical (unpaired) electrons. The minimum atomic E-state index is -1.10. The number of Topliss-reactive ketones (excluding diaryl/α,β-unsaturated/α-hetero) is 1. The number of hydrogen-bond donors (Lipinski definition) is 0. The maximum atomic E-state index is 13.0. The van der Waals surface area contributed by atoms with Gasteiger partial charge in [-0.25, -0.2) is 0 Å². The van der Waals surface area contributed by atoms with Gasteiger partial charge in [0.1, 0.15) is 29.5 Å². The molecule has 0 bridgehead atoms. The topological polar surface area (TPSA) is 105 Å². The second-order valence-corrected chi connectivity index (χ2v) is 13.7. The van der Waals surface area contributed by atoms with Crippen LogP contribution in [0.1, 0.15) is 129 Å². The predicted octanol–water partition coefficient (Wildman–Crippen LogP) is 7.25. The Morgan fingerprint density at radius 3 is 1.58 bits per heavy atom. The molecule has 4 spiro atoms. The van der Waals surface area contributed by atoms with E-state index in [1.165, 1.54) is 75.7 Å². The summed E-state index contributed by atoms with van der Waals surface area (Å²) in [4.78, 5) is 49.3. The van der Waals surface area contributed by atoms with Crippen molar-refractivity contribution in [1.82, 2.24) is 0 Å². The number of esters is 1. The Balaban J connectivity index is 1.12. The summed E-state index contributed by atoms with van der Waals surface area (Å²) < 4.78 is 25.8. The van der Waals surface area contributed by atoms with Crippen molar-refractivity contribution >= 4 is 23.3 Å². The van der Waals surface area contributed by atoms with E-state index >= 15 is 0 Å². The molecule has 0 aromatic heterocycles. The fourth-order valence-corrected chi connectivity index (χ4v) is 7.42. The van der Waals surface area contributed by atoms with E-state index in [2.05, 4.69) is 6.92 Å². The standard InChI is InChI=1S/C37H50O8/c1-2-3-4-5-6-7-8-9-10-11-12-13-31(40)26-33(41)42-32-27-36(24-22-34(43-36)18-14-29(38)15-19-34)45-37(28-32)25-23-35(44-37)20-16-30(39)17-21-35/h14-21,32H,2-13,22-28H2,1H3/t36-,37-/m0/s1. The van der Waals surface area contributed by atoms with Gasteiger partial charge in [-0.05, 0) is 67.9 Å². The van der Waals surface area contributed by atoms with Crippen LogP contribution in [0.25, 0.3) is 0 Å². The maximum Gasteiger partial charge on any atom is 0.313 e. The third kappa shape index (κ3) is 8.99. The summed E-state index contributed by atoms with van der Waals surface area (Å²) in [6.45, 7) is 2.24. The van der Waals surface area contributed by atoms with Gasteiger partial charge in [-0.2, -0.15) is 0 Å². The number of allylic oxidation sites excluding steroid dienone is 4. The lowest BCUT2D eigenvalue weighted by atomic mass is 9.89. The minimum Gasteiger partial charge on any atom is -0.462 e. The number of carbonyl (C=O) groups is 4. The van der Waals surface area contributed by atoms with Crippen molar-refractivity contribution in [1.29, 1.82) is 0 Å². The molecule has 246 valence electrons.